The van der Waals surface area contributed by atoms with E-state index in [9.17, 15) is 13.2 Å². The van der Waals surface area contributed by atoms with Gasteiger partial charge in [-0.1, -0.05) is 33.6 Å². The van der Waals surface area contributed by atoms with Crippen LogP contribution in [0.5, 0.6) is 0 Å². The largest absolute Gasteiger partial charge is 0.416 e. The van der Waals surface area contributed by atoms with Crippen molar-refractivity contribution in [3.8, 4) is 0 Å². The third kappa shape index (κ3) is 2.50. The van der Waals surface area contributed by atoms with Gasteiger partial charge in [0, 0.05) is 4.83 Å². The number of alkyl halides is 4. The molecule has 1 rings (SSSR count). The SMILES string of the molecule is Cc1ccc(C(F)(F)F)c(C(C)Br)c1. The molecule has 0 aromatic heterocycles. The van der Waals surface area contributed by atoms with Gasteiger partial charge in [-0.25, -0.2) is 0 Å². The third-order valence-electron chi connectivity index (χ3n) is 1.94. The first-order chi connectivity index (χ1) is 6.32. The highest BCUT2D eigenvalue weighted by Gasteiger charge is 2.33. The lowest BCUT2D eigenvalue weighted by Crippen LogP contribution is -2.09. The molecule has 1 aromatic rings. The molecule has 0 heterocycles. The molecule has 0 saturated heterocycles. The van der Waals surface area contributed by atoms with Crippen LogP contribution in [0.3, 0.4) is 0 Å². The molecular weight excluding hydrogens is 257 g/mol. The highest BCUT2D eigenvalue weighted by Crippen LogP contribution is 2.37. The van der Waals surface area contributed by atoms with Gasteiger partial charge in [0.05, 0.1) is 5.56 Å². The Balaban J connectivity index is 3.29. The molecule has 78 valence electrons. The predicted octanol–water partition coefficient (Wildman–Crippen LogP) is 4.47. The topological polar surface area (TPSA) is 0 Å². The van der Waals surface area contributed by atoms with E-state index in [-0.39, 0.29) is 10.4 Å². The lowest BCUT2D eigenvalue weighted by Gasteiger charge is -2.15. The van der Waals surface area contributed by atoms with Crippen LogP contribution in [-0.2, 0) is 6.18 Å². The van der Waals surface area contributed by atoms with Crippen molar-refractivity contribution in [2.75, 3.05) is 0 Å². The van der Waals surface area contributed by atoms with E-state index in [0.717, 1.165) is 11.6 Å². The molecule has 0 bridgehead atoms. The summed E-state index contributed by atoms with van der Waals surface area (Å²) in [4.78, 5) is -0.293. The third-order valence-corrected chi connectivity index (χ3v) is 2.43. The van der Waals surface area contributed by atoms with Crippen LogP contribution in [0.1, 0.15) is 28.4 Å². The summed E-state index contributed by atoms with van der Waals surface area (Å²) < 4.78 is 37.6. The molecular formula is C10H10BrF3. The van der Waals surface area contributed by atoms with Crippen molar-refractivity contribution in [3.63, 3.8) is 0 Å². The Morgan fingerprint density at radius 2 is 1.86 bits per heavy atom. The van der Waals surface area contributed by atoms with Gasteiger partial charge in [0.2, 0.25) is 0 Å². The second-order valence-corrected chi connectivity index (χ2v) is 4.58. The second kappa shape index (κ2) is 3.93. The average Bonchev–Trinajstić information content (AvgIpc) is 2.01. The van der Waals surface area contributed by atoms with Gasteiger partial charge in [-0.2, -0.15) is 13.2 Å². The van der Waals surface area contributed by atoms with Crippen molar-refractivity contribution < 1.29 is 13.2 Å². The van der Waals surface area contributed by atoms with E-state index in [0.29, 0.717) is 0 Å². The van der Waals surface area contributed by atoms with Crippen LogP contribution in [0.2, 0.25) is 0 Å². The summed E-state index contributed by atoms with van der Waals surface area (Å²) in [6.45, 7) is 3.46. The van der Waals surface area contributed by atoms with Crippen LogP contribution >= 0.6 is 15.9 Å². The van der Waals surface area contributed by atoms with Gasteiger partial charge in [-0.05, 0) is 25.5 Å². The summed E-state index contributed by atoms with van der Waals surface area (Å²) in [5.41, 5.74) is 0.560. The fourth-order valence-corrected chi connectivity index (χ4v) is 1.65. The Kier molecular flexibility index (Phi) is 3.24. The standard InChI is InChI=1S/C10H10BrF3/c1-6-3-4-9(10(12,13)14)8(5-6)7(2)11/h3-5,7H,1-2H3. The minimum atomic E-state index is -4.27. The highest BCUT2D eigenvalue weighted by atomic mass is 79.9. The molecule has 0 spiro atoms. The summed E-state index contributed by atoms with van der Waals surface area (Å²) in [7, 11) is 0. The van der Waals surface area contributed by atoms with E-state index in [1.165, 1.54) is 6.07 Å². The number of hydrogen-bond donors (Lipinski definition) is 0. The van der Waals surface area contributed by atoms with Gasteiger partial charge < -0.3 is 0 Å². The van der Waals surface area contributed by atoms with Crippen LogP contribution in [0.15, 0.2) is 18.2 Å². The molecule has 0 nitrogen and oxygen atoms in total. The van der Waals surface area contributed by atoms with Gasteiger partial charge in [-0.15, -0.1) is 0 Å². The van der Waals surface area contributed by atoms with E-state index < -0.39 is 11.7 Å². The summed E-state index contributed by atoms with van der Waals surface area (Å²) in [5.74, 6) is 0. The molecule has 1 atom stereocenters. The molecule has 0 aliphatic heterocycles. The Bertz CT molecular complexity index is 329. The predicted molar refractivity (Wildman–Crippen MR) is 53.5 cm³/mol. The summed E-state index contributed by atoms with van der Waals surface area (Å²) >= 11 is 3.16. The van der Waals surface area contributed by atoms with Crippen molar-refractivity contribution in [1.29, 1.82) is 0 Å². The van der Waals surface area contributed by atoms with Crippen molar-refractivity contribution >= 4 is 15.9 Å². The van der Waals surface area contributed by atoms with Gasteiger partial charge in [0.25, 0.3) is 0 Å². The zero-order valence-corrected chi connectivity index (χ0v) is 9.41. The van der Waals surface area contributed by atoms with Crippen LogP contribution in [-0.4, -0.2) is 0 Å². The van der Waals surface area contributed by atoms with E-state index >= 15 is 0 Å². The fraction of sp³-hybridized carbons (Fsp3) is 0.400. The highest BCUT2D eigenvalue weighted by molar-refractivity contribution is 9.09. The Hall–Kier alpha value is -0.510. The minimum absolute atomic E-state index is 0.289. The first-order valence-corrected chi connectivity index (χ1v) is 5.05. The van der Waals surface area contributed by atoms with Gasteiger partial charge in [-0.3, -0.25) is 0 Å². The van der Waals surface area contributed by atoms with Crippen molar-refractivity contribution in [2.45, 2.75) is 24.9 Å². The second-order valence-electron chi connectivity index (χ2n) is 3.20. The molecule has 0 saturated carbocycles. The molecule has 14 heavy (non-hydrogen) atoms. The number of halogens is 4. The van der Waals surface area contributed by atoms with E-state index in [1.54, 1.807) is 19.9 Å². The fourth-order valence-electron chi connectivity index (χ4n) is 1.27. The summed E-state index contributed by atoms with van der Waals surface area (Å²) in [5, 5.41) is 0. The zero-order chi connectivity index (χ0) is 10.9. The van der Waals surface area contributed by atoms with Crippen LogP contribution in [0.4, 0.5) is 13.2 Å². The first kappa shape index (κ1) is 11.6. The number of hydrogen-bond acceptors (Lipinski definition) is 0. The number of rotatable bonds is 1. The Morgan fingerprint density at radius 3 is 2.29 bits per heavy atom. The van der Waals surface area contributed by atoms with Gasteiger partial charge >= 0.3 is 6.18 Å². The van der Waals surface area contributed by atoms with E-state index in [4.69, 9.17) is 0 Å². The zero-order valence-electron chi connectivity index (χ0n) is 7.82. The van der Waals surface area contributed by atoms with Crippen LogP contribution in [0.25, 0.3) is 0 Å². The smallest absolute Gasteiger partial charge is 0.166 e. The van der Waals surface area contributed by atoms with E-state index in [1.807, 2.05) is 0 Å². The molecule has 0 aliphatic rings. The molecule has 1 unspecified atom stereocenters. The molecule has 0 amide bonds. The van der Waals surface area contributed by atoms with Gasteiger partial charge in [0.15, 0.2) is 0 Å². The summed E-state index contributed by atoms with van der Waals surface area (Å²) in [6.07, 6.45) is -4.27. The van der Waals surface area contributed by atoms with Crippen molar-refractivity contribution in [3.05, 3.63) is 34.9 Å². The van der Waals surface area contributed by atoms with Crippen molar-refractivity contribution in [2.24, 2.45) is 0 Å². The monoisotopic (exact) mass is 266 g/mol. The molecule has 4 heteroatoms. The average molecular weight is 267 g/mol. The van der Waals surface area contributed by atoms with Crippen LogP contribution in [0, 0.1) is 6.92 Å². The normalized spacial score (nSPS) is 14.1. The van der Waals surface area contributed by atoms with Crippen LogP contribution < -0.4 is 0 Å². The lowest BCUT2D eigenvalue weighted by atomic mass is 10.0. The molecule has 0 N–H and O–H groups in total. The molecule has 1 aromatic carbocycles. The molecule has 0 fully saturated rings. The number of benzene rings is 1. The Labute approximate surface area is 89.3 Å². The molecule has 0 radical (unpaired) electrons. The maximum atomic E-state index is 12.5. The quantitative estimate of drug-likeness (QED) is 0.658. The lowest BCUT2D eigenvalue weighted by molar-refractivity contribution is -0.138. The van der Waals surface area contributed by atoms with Gasteiger partial charge in [0.1, 0.15) is 0 Å². The Morgan fingerprint density at radius 1 is 1.29 bits per heavy atom. The van der Waals surface area contributed by atoms with Crippen molar-refractivity contribution in [1.82, 2.24) is 0 Å². The van der Waals surface area contributed by atoms with E-state index in [2.05, 4.69) is 15.9 Å². The molecule has 0 aliphatic carbocycles. The number of aryl methyl sites for hydroxylation is 1. The first-order valence-electron chi connectivity index (χ1n) is 4.14. The summed E-state index contributed by atoms with van der Waals surface area (Å²) in [6, 6.07) is 4.16. The minimum Gasteiger partial charge on any atom is -0.166 e. The maximum Gasteiger partial charge on any atom is 0.416 e. The maximum absolute atomic E-state index is 12.5.